The number of carbonyl (C=O) groups is 1. The van der Waals surface area contributed by atoms with Crippen molar-refractivity contribution in [3.05, 3.63) is 27.8 Å². The number of nitrogens with zero attached hydrogens (tertiary/aromatic N) is 3. The van der Waals surface area contributed by atoms with Gasteiger partial charge >= 0.3 is 29.6 Å². The number of amides is 1. The molecule has 2 heterocycles. The van der Waals surface area contributed by atoms with Gasteiger partial charge in [0.25, 0.3) is 5.69 Å². The first-order chi connectivity index (χ1) is 9.08. The van der Waals surface area contributed by atoms with Gasteiger partial charge in [-0.15, -0.1) is 0 Å². The van der Waals surface area contributed by atoms with Crippen LogP contribution in [0.3, 0.4) is 0 Å². The molecule has 11 heteroatoms. The zero-order valence-corrected chi connectivity index (χ0v) is 14.5. The number of hydrogen-bond donors (Lipinski definition) is 1. The Morgan fingerprint density at radius 1 is 1.40 bits per heavy atom. The van der Waals surface area contributed by atoms with E-state index >= 15 is 0 Å². The van der Waals surface area contributed by atoms with Crippen LogP contribution in [0.5, 0.6) is 0 Å². The van der Waals surface area contributed by atoms with E-state index < -0.39 is 10.2 Å². The maximum absolute atomic E-state index is 11.8. The van der Waals surface area contributed by atoms with E-state index in [-0.39, 0.29) is 48.1 Å². The molecule has 2 aromatic rings. The van der Waals surface area contributed by atoms with Gasteiger partial charge < -0.3 is 6.74 Å². The third-order valence-electron chi connectivity index (χ3n) is 2.59. The largest absolute Gasteiger partial charge is 1.00 e. The van der Waals surface area contributed by atoms with Gasteiger partial charge in [-0.2, -0.15) is 8.75 Å². The summed E-state index contributed by atoms with van der Waals surface area (Å²) in [7, 11) is 0. The van der Waals surface area contributed by atoms with Crippen LogP contribution in [0.25, 0.3) is 11.0 Å². The predicted molar refractivity (Wildman–Crippen MR) is 76.3 cm³/mol. The molecule has 0 bridgehead atoms. The summed E-state index contributed by atoms with van der Waals surface area (Å²) in [5.41, 5.74) is 1.07. The topological polar surface area (TPSA) is 98.0 Å². The maximum Gasteiger partial charge on any atom is 1.00 e. The molecule has 1 aromatic carbocycles. The molecular weight excluding hydrogens is 331 g/mol. The average Bonchev–Trinajstić information content (AvgIpc) is 2.94. The quantitative estimate of drug-likeness (QED) is 0.322. The second-order valence-electron chi connectivity index (χ2n) is 3.67. The third kappa shape index (κ3) is 2.59. The van der Waals surface area contributed by atoms with Crippen LogP contribution >= 0.6 is 35.7 Å². The van der Waals surface area contributed by atoms with E-state index in [1.165, 1.54) is 23.9 Å². The molecule has 3 rings (SSSR count). The van der Waals surface area contributed by atoms with Crippen LogP contribution in [0.15, 0.2) is 12.1 Å². The van der Waals surface area contributed by atoms with E-state index in [2.05, 4.69) is 14.1 Å². The Morgan fingerprint density at radius 2 is 2.10 bits per heavy atom. The molecule has 1 N–H and O–H groups in total. The number of rotatable bonds is 2. The van der Waals surface area contributed by atoms with Gasteiger partial charge in [-0.1, -0.05) is 24.0 Å². The van der Waals surface area contributed by atoms with Crippen molar-refractivity contribution in [1.29, 1.82) is 0 Å². The van der Waals surface area contributed by atoms with Crippen LogP contribution in [0.2, 0.25) is 0 Å². The summed E-state index contributed by atoms with van der Waals surface area (Å²) in [6.45, 7) is 0. The van der Waals surface area contributed by atoms with Gasteiger partial charge in [-0.05, 0) is 6.07 Å². The zero-order valence-electron chi connectivity index (χ0n) is 11.0. The average molecular weight is 336 g/mol. The van der Waals surface area contributed by atoms with E-state index in [0.29, 0.717) is 15.4 Å². The molecule has 1 saturated heterocycles. The van der Waals surface area contributed by atoms with Crippen LogP contribution in [0, 0.1) is 10.1 Å². The summed E-state index contributed by atoms with van der Waals surface area (Å²) in [4.78, 5) is 22.2. The molecule has 1 aromatic heterocycles. The standard InChI is InChI=1S/C9H4N4O3S3.Na.H/c14-8-7(18-9(17)10-8)3-1-2-4(13(15)16)6-5(3)11-19-12-6;;/h1-2,7H,(H,10,14,17);;/q;+1;-1. The van der Waals surface area contributed by atoms with Crippen molar-refractivity contribution < 1.29 is 40.7 Å². The van der Waals surface area contributed by atoms with Crippen LogP contribution in [0.1, 0.15) is 12.2 Å². The fourth-order valence-corrected chi connectivity index (χ4v) is 3.61. The predicted octanol–water partition coefficient (Wildman–Crippen LogP) is -1.10. The molecule has 1 aliphatic heterocycles. The Morgan fingerprint density at radius 3 is 2.70 bits per heavy atom. The SMILES string of the molecule is O=C1NC(=S)SC1c1ccc([N+](=O)[O-])c2nsnc12.[H-].[Na+]. The van der Waals surface area contributed by atoms with Crippen LogP contribution in [-0.2, 0) is 4.79 Å². The summed E-state index contributed by atoms with van der Waals surface area (Å²) in [5.74, 6) is -0.238. The number of carbonyl (C=O) groups excluding carboxylic acids is 1. The first-order valence-corrected chi connectivity index (χ1v) is 7.01. The number of nitro groups is 1. The molecule has 98 valence electrons. The maximum atomic E-state index is 11.8. The molecular formula is C9H5N4NaO3S3. The number of thiocarbonyl (C=S) groups is 1. The summed E-state index contributed by atoms with van der Waals surface area (Å²) >= 11 is 7.01. The number of thioether (sulfide) groups is 1. The van der Waals surface area contributed by atoms with Crippen molar-refractivity contribution in [2.75, 3.05) is 0 Å². The number of benzene rings is 1. The molecule has 0 spiro atoms. The summed E-state index contributed by atoms with van der Waals surface area (Å²) in [6, 6.07) is 2.88. The van der Waals surface area contributed by atoms with E-state index in [1.54, 1.807) is 0 Å². The molecule has 0 aliphatic carbocycles. The van der Waals surface area contributed by atoms with Gasteiger partial charge in [0, 0.05) is 11.6 Å². The van der Waals surface area contributed by atoms with Gasteiger partial charge in [-0.25, -0.2) is 0 Å². The smallest absolute Gasteiger partial charge is 1.00 e. The molecule has 0 radical (unpaired) electrons. The molecule has 0 saturated carbocycles. The second kappa shape index (κ2) is 6.00. The molecule has 7 nitrogen and oxygen atoms in total. The Balaban J connectivity index is 0.00000110. The van der Waals surface area contributed by atoms with Gasteiger partial charge in [0.2, 0.25) is 5.91 Å². The van der Waals surface area contributed by atoms with Crippen LogP contribution in [0.4, 0.5) is 5.69 Å². The Labute approximate surface area is 149 Å². The molecule has 1 aliphatic rings. The van der Waals surface area contributed by atoms with Crippen LogP contribution < -0.4 is 34.9 Å². The van der Waals surface area contributed by atoms with Gasteiger partial charge in [0.15, 0.2) is 5.52 Å². The number of nitrogens with one attached hydrogen (secondary N) is 1. The first kappa shape index (κ1) is 15.7. The van der Waals surface area contributed by atoms with E-state index in [4.69, 9.17) is 12.2 Å². The Hall–Kier alpha value is -0.650. The van der Waals surface area contributed by atoms with Crippen molar-refractivity contribution in [3.8, 4) is 0 Å². The van der Waals surface area contributed by atoms with Crippen LogP contribution in [-0.4, -0.2) is 23.9 Å². The minimum absolute atomic E-state index is 0. The van der Waals surface area contributed by atoms with Crippen molar-refractivity contribution in [2.45, 2.75) is 5.25 Å². The fraction of sp³-hybridized carbons (Fsp3) is 0.111. The molecule has 1 atom stereocenters. The molecule has 1 unspecified atom stereocenters. The number of fused-ring (bicyclic) bond motifs is 1. The Bertz CT molecular complexity index is 740. The number of nitro benzene ring substituents is 1. The number of non-ortho nitro benzene ring substituents is 1. The van der Waals surface area contributed by atoms with Crippen molar-refractivity contribution >= 4 is 62.7 Å². The fourth-order valence-electron chi connectivity index (χ4n) is 1.79. The number of hydrogen-bond acceptors (Lipinski definition) is 8. The Kier molecular flexibility index (Phi) is 4.72. The van der Waals surface area contributed by atoms with Crippen molar-refractivity contribution in [1.82, 2.24) is 14.1 Å². The van der Waals surface area contributed by atoms with E-state index in [9.17, 15) is 14.9 Å². The normalized spacial score (nSPS) is 17.9. The van der Waals surface area contributed by atoms with Crippen molar-refractivity contribution in [3.63, 3.8) is 0 Å². The van der Waals surface area contributed by atoms with E-state index in [0.717, 1.165) is 11.7 Å². The molecule has 1 fully saturated rings. The summed E-state index contributed by atoms with van der Waals surface area (Å²) in [5, 5.41) is 12.9. The molecule has 20 heavy (non-hydrogen) atoms. The second-order valence-corrected chi connectivity index (χ2v) is 5.98. The summed E-state index contributed by atoms with van der Waals surface area (Å²) in [6.07, 6.45) is 0. The third-order valence-corrected chi connectivity index (χ3v) is 4.53. The monoisotopic (exact) mass is 336 g/mol. The summed E-state index contributed by atoms with van der Waals surface area (Å²) < 4.78 is 8.38. The van der Waals surface area contributed by atoms with Gasteiger partial charge in [-0.3, -0.25) is 14.9 Å². The molecule has 1 amide bonds. The minimum atomic E-state index is -0.528. The van der Waals surface area contributed by atoms with E-state index in [1.807, 2.05) is 0 Å². The number of aromatic nitrogens is 2. The minimum Gasteiger partial charge on any atom is -1.00 e. The first-order valence-electron chi connectivity index (χ1n) is 4.99. The van der Waals surface area contributed by atoms with Crippen molar-refractivity contribution in [2.24, 2.45) is 0 Å². The van der Waals surface area contributed by atoms with Gasteiger partial charge in [0.05, 0.1) is 16.7 Å². The zero-order chi connectivity index (χ0) is 13.6. The van der Waals surface area contributed by atoms with Gasteiger partial charge in [0.1, 0.15) is 15.1 Å².